The van der Waals surface area contributed by atoms with Crippen molar-refractivity contribution < 1.29 is 19.5 Å². The second-order valence-electron chi connectivity index (χ2n) is 4.66. The minimum absolute atomic E-state index is 0.0287. The summed E-state index contributed by atoms with van der Waals surface area (Å²) in [6, 6.07) is -1.21. The van der Waals surface area contributed by atoms with Crippen LogP contribution in [0.25, 0.3) is 0 Å². The Labute approximate surface area is 113 Å². The number of carbonyl (C=O) groups is 3. The van der Waals surface area contributed by atoms with Crippen molar-refractivity contribution in [1.29, 1.82) is 0 Å². The monoisotopic (exact) mass is 273 g/mol. The molecular weight excluding hydrogens is 250 g/mol. The Morgan fingerprint density at radius 1 is 1.11 bits per heavy atom. The lowest BCUT2D eigenvalue weighted by Gasteiger charge is -2.18. The molecule has 2 unspecified atom stereocenters. The third-order valence-corrected chi connectivity index (χ3v) is 2.70. The van der Waals surface area contributed by atoms with Crippen LogP contribution in [0.4, 0.5) is 4.79 Å². The number of rotatable bonds is 7. The van der Waals surface area contributed by atoms with Crippen LogP contribution in [0.2, 0.25) is 0 Å². The maximum atomic E-state index is 11.5. The van der Waals surface area contributed by atoms with Crippen LogP contribution in [0.1, 0.15) is 27.7 Å². The van der Waals surface area contributed by atoms with Gasteiger partial charge in [0.2, 0.25) is 5.91 Å². The molecule has 4 N–H and O–H groups in total. The van der Waals surface area contributed by atoms with E-state index < -0.39 is 24.0 Å². The quantitative estimate of drug-likeness (QED) is 0.530. The average molecular weight is 273 g/mol. The molecule has 0 aromatic carbocycles. The fourth-order valence-corrected chi connectivity index (χ4v) is 1.45. The smallest absolute Gasteiger partial charge is 0.315 e. The summed E-state index contributed by atoms with van der Waals surface area (Å²) in [6.07, 6.45) is 0. The van der Waals surface area contributed by atoms with Crippen LogP contribution in [0.3, 0.4) is 0 Å². The van der Waals surface area contributed by atoms with Crippen LogP contribution >= 0.6 is 0 Å². The lowest BCUT2D eigenvalue weighted by Crippen LogP contribution is -2.49. The Bertz CT molecular complexity index is 331. The van der Waals surface area contributed by atoms with Crippen LogP contribution in [0, 0.1) is 11.8 Å². The largest absolute Gasteiger partial charge is 0.481 e. The summed E-state index contributed by atoms with van der Waals surface area (Å²) in [7, 11) is 0. The lowest BCUT2D eigenvalue weighted by molar-refractivity contribution is -0.143. The molecule has 0 aliphatic carbocycles. The predicted octanol–water partition coefficient (Wildman–Crippen LogP) is 0.167. The third-order valence-electron chi connectivity index (χ3n) is 2.70. The van der Waals surface area contributed by atoms with Gasteiger partial charge in [0.05, 0.1) is 5.92 Å². The molecule has 0 fully saturated rings. The first kappa shape index (κ1) is 17.2. The Morgan fingerprint density at radius 2 is 1.68 bits per heavy atom. The van der Waals surface area contributed by atoms with Gasteiger partial charge in [0.15, 0.2) is 0 Å². The van der Waals surface area contributed by atoms with E-state index >= 15 is 0 Å². The first-order chi connectivity index (χ1) is 8.79. The SMILES string of the molecule is CCNC(=O)C(C)NC(=O)NCC(C(=O)O)C(C)C. The highest BCUT2D eigenvalue weighted by molar-refractivity contribution is 5.86. The fourth-order valence-electron chi connectivity index (χ4n) is 1.45. The summed E-state index contributed by atoms with van der Waals surface area (Å²) in [6.45, 7) is 7.40. The van der Waals surface area contributed by atoms with E-state index in [4.69, 9.17) is 5.11 Å². The van der Waals surface area contributed by atoms with E-state index in [2.05, 4.69) is 16.0 Å². The van der Waals surface area contributed by atoms with Crippen LogP contribution < -0.4 is 16.0 Å². The highest BCUT2D eigenvalue weighted by Crippen LogP contribution is 2.09. The molecule has 0 spiro atoms. The van der Waals surface area contributed by atoms with E-state index in [-0.39, 0.29) is 18.4 Å². The first-order valence-electron chi connectivity index (χ1n) is 6.34. The Morgan fingerprint density at radius 3 is 2.11 bits per heavy atom. The minimum atomic E-state index is -0.952. The first-order valence-corrected chi connectivity index (χ1v) is 6.34. The van der Waals surface area contributed by atoms with Gasteiger partial charge >= 0.3 is 12.0 Å². The van der Waals surface area contributed by atoms with Crippen molar-refractivity contribution in [2.75, 3.05) is 13.1 Å². The van der Waals surface area contributed by atoms with Crippen molar-refractivity contribution >= 4 is 17.9 Å². The number of likely N-dealkylation sites (N-methyl/N-ethyl adjacent to an activating group) is 1. The lowest BCUT2D eigenvalue weighted by atomic mass is 9.96. The molecule has 7 nitrogen and oxygen atoms in total. The van der Waals surface area contributed by atoms with Gasteiger partial charge in [0.1, 0.15) is 6.04 Å². The molecule has 110 valence electrons. The maximum Gasteiger partial charge on any atom is 0.315 e. The molecule has 0 aromatic heterocycles. The van der Waals surface area contributed by atoms with E-state index in [0.717, 1.165) is 0 Å². The van der Waals surface area contributed by atoms with Crippen LogP contribution in [-0.2, 0) is 9.59 Å². The van der Waals surface area contributed by atoms with Crippen molar-refractivity contribution in [3.8, 4) is 0 Å². The van der Waals surface area contributed by atoms with Crippen molar-refractivity contribution in [2.45, 2.75) is 33.7 Å². The number of hydrogen-bond donors (Lipinski definition) is 4. The number of urea groups is 1. The third kappa shape index (κ3) is 6.64. The number of nitrogens with one attached hydrogen (secondary N) is 3. The van der Waals surface area contributed by atoms with Gasteiger partial charge in [0, 0.05) is 13.1 Å². The summed E-state index contributed by atoms with van der Waals surface area (Å²) in [5.41, 5.74) is 0. The van der Waals surface area contributed by atoms with E-state index in [1.54, 1.807) is 27.7 Å². The van der Waals surface area contributed by atoms with Gasteiger partial charge in [-0.3, -0.25) is 9.59 Å². The molecule has 0 radical (unpaired) electrons. The number of aliphatic carboxylic acids is 1. The van der Waals surface area contributed by atoms with Crippen LogP contribution in [0.5, 0.6) is 0 Å². The van der Waals surface area contributed by atoms with E-state index in [0.29, 0.717) is 6.54 Å². The van der Waals surface area contributed by atoms with Gasteiger partial charge in [-0.2, -0.15) is 0 Å². The van der Waals surface area contributed by atoms with Crippen molar-refractivity contribution in [2.24, 2.45) is 11.8 Å². The molecule has 7 heteroatoms. The number of carboxylic acid groups (broad SMARTS) is 1. The normalized spacial score (nSPS) is 13.5. The molecule has 2 atom stereocenters. The van der Waals surface area contributed by atoms with Crippen molar-refractivity contribution in [3.05, 3.63) is 0 Å². The Balaban J connectivity index is 4.17. The summed E-state index contributed by atoms with van der Waals surface area (Å²) in [5.74, 6) is -1.97. The molecule has 0 saturated carbocycles. The fraction of sp³-hybridized carbons (Fsp3) is 0.750. The summed E-state index contributed by atoms with van der Waals surface area (Å²) in [4.78, 5) is 33.8. The molecule has 0 saturated heterocycles. The molecular formula is C12H23N3O4. The van der Waals surface area contributed by atoms with E-state index in [9.17, 15) is 14.4 Å². The van der Waals surface area contributed by atoms with Gasteiger partial charge in [0.25, 0.3) is 0 Å². The minimum Gasteiger partial charge on any atom is -0.481 e. The van der Waals surface area contributed by atoms with Gasteiger partial charge in [-0.1, -0.05) is 13.8 Å². The molecule has 0 aromatic rings. The van der Waals surface area contributed by atoms with Gasteiger partial charge in [-0.15, -0.1) is 0 Å². The standard InChI is InChI=1S/C12H23N3O4/c1-5-13-10(16)8(4)15-12(19)14-6-9(7(2)3)11(17)18/h7-9H,5-6H2,1-4H3,(H,13,16)(H,17,18)(H2,14,15,19). The second-order valence-corrected chi connectivity index (χ2v) is 4.66. The molecule has 19 heavy (non-hydrogen) atoms. The highest BCUT2D eigenvalue weighted by atomic mass is 16.4. The number of amides is 3. The average Bonchev–Trinajstić information content (AvgIpc) is 2.28. The Hall–Kier alpha value is -1.79. The number of carboxylic acids is 1. The van der Waals surface area contributed by atoms with Crippen molar-refractivity contribution in [3.63, 3.8) is 0 Å². The zero-order chi connectivity index (χ0) is 15.0. The summed E-state index contributed by atoms with van der Waals surface area (Å²) in [5, 5.41) is 16.4. The molecule has 0 rings (SSSR count). The molecule has 0 bridgehead atoms. The predicted molar refractivity (Wildman–Crippen MR) is 70.6 cm³/mol. The second kappa shape index (κ2) is 8.34. The van der Waals surface area contributed by atoms with Gasteiger partial charge in [-0.25, -0.2) is 4.79 Å². The van der Waals surface area contributed by atoms with E-state index in [1.165, 1.54) is 0 Å². The molecule has 0 aliphatic rings. The zero-order valence-corrected chi connectivity index (χ0v) is 11.8. The van der Waals surface area contributed by atoms with Gasteiger partial charge < -0.3 is 21.1 Å². The molecule has 0 heterocycles. The highest BCUT2D eigenvalue weighted by Gasteiger charge is 2.22. The molecule has 3 amide bonds. The number of carbonyl (C=O) groups excluding carboxylic acids is 2. The van der Waals surface area contributed by atoms with Crippen LogP contribution in [-0.4, -0.2) is 42.1 Å². The summed E-state index contributed by atoms with van der Waals surface area (Å²) < 4.78 is 0. The van der Waals surface area contributed by atoms with Gasteiger partial charge in [-0.05, 0) is 19.8 Å². The van der Waals surface area contributed by atoms with E-state index in [1.807, 2.05) is 0 Å². The Kier molecular flexibility index (Phi) is 7.55. The van der Waals surface area contributed by atoms with Crippen molar-refractivity contribution in [1.82, 2.24) is 16.0 Å². The zero-order valence-electron chi connectivity index (χ0n) is 11.8. The molecule has 0 aliphatic heterocycles. The number of hydrogen-bond acceptors (Lipinski definition) is 3. The summed E-state index contributed by atoms with van der Waals surface area (Å²) >= 11 is 0. The topological polar surface area (TPSA) is 108 Å². The maximum absolute atomic E-state index is 11.5. The van der Waals surface area contributed by atoms with Crippen LogP contribution in [0.15, 0.2) is 0 Å².